The number of carbonyl (C=O) groups excluding carboxylic acids is 1. The van der Waals surface area contributed by atoms with Gasteiger partial charge in [0.05, 0.1) is 6.26 Å². The summed E-state index contributed by atoms with van der Waals surface area (Å²) in [7, 11) is 0. The minimum atomic E-state index is -0.0315. The zero-order valence-corrected chi connectivity index (χ0v) is 12.1. The van der Waals surface area contributed by atoms with Crippen molar-refractivity contribution in [2.24, 2.45) is 5.92 Å². The predicted octanol–water partition coefficient (Wildman–Crippen LogP) is 4.66. The number of furan rings is 1. The summed E-state index contributed by atoms with van der Waals surface area (Å²) >= 11 is 0. The monoisotopic (exact) mass is 288 g/mol. The lowest BCUT2D eigenvalue weighted by Gasteiger charge is -1.99. The van der Waals surface area contributed by atoms with Crippen LogP contribution in [0.4, 0.5) is 0 Å². The maximum atomic E-state index is 12.7. The van der Waals surface area contributed by atoms with Crippen LogP contribution < -0.4 is 0 Å². The van der Waals surface area contributed by atoms with E-state index in [1.54, 1.807) is 18.4 Å². The third-order valence-corrected chi connectivity index (χ3v) is 4.46. The zero-order chi connectivity index (χ0) is 14.9. The van der Waals surface area contributed by atoms with Crippen LogP contribution in [-0.2, 0) is 0 Å². The molecule has 4 rings (SSSR count). The lowest BCUT2D eigenvalue weighted by atomic mass is 10.0. The molecule has 3 aromatic rings. The van der Waals surface area contributed by atoms with E-state index in [-0.39, 0.29) is 23.5 Å². The van der Waals surface area contributed by atoms with Crippen LogP contribution in [-0.4, -0.2) is 5.78 Å². The summed E-state index contributed by atoms with van der Waals surface area (Å²) in [6.07, 6.45) is 1.56. The van der Waals surface area contributed by atoms with Crippen molar-refractivity contribution in [3.05, 3.63) is 95.9 Å². The Labute approximate surface area is 129 Å². The number of carbonyl (C=O) groups is 1. The average molecular weight is 288 g/mol. The lowest BCUT2D eigenvalue weighted by Crippen LogP contribution is -2.02. The molecule has 0 unspecified atom stereocenters. The molecule has 2 aromatic carbocycles. The fourth-order valence-corrected chi connectivity index (χ4v) is 3.40. The molecule has 108 valence electrons. The summed E-state index contributed by atoms with van der Waals surface area (Å²) in [6.45, 7) is 0. The Balaban J connectivity index is 1.70. The highest BCUT2D eigenvalue weighted by Gasteiger charge is 2.56. The van der Waals surface area contributed by atoms with E-state index in [0.717, 1.165) is 0 Å². The molecule has 1 aromatic heterocycles. The molecular formula is C20H16O2. The van der Waals surface area contributed by atoms with E-state index >= 15 is 0 Å². The van der Waals surface area contributed by atoms with Crippen molar-refractivity contribution in [2.45, 2.75) is 11.8 Å². The average Bonchev–Trinajstić information content (AvgIpc) is 3.09. The van der Waals surface area contributed by atoms with Gasteiger partial charge in [0.2, 0.25) is 5.78 Å². The Bertz CT molecular complexity index is 714. The van der Waals surface area contributed by atoms with Gasteiger partial charge >= 0.3 is 0 Å². The molecule has 1 aliphatic rings. The third kappa shape index (κ3) is 2.17. The maximum Gasteiger partial charge on any atom is 0.202 e. The van der Waals surface area contributed by atoms with Gasteiger partial charge in [0, 0.05) is 17.8 Å². The molecule has 0 amide bonds. The largest absolute Gasteiger partial charge is 0.461 e. The highest BCUT2D eigenvalue weighted by atomic mass is 16.3. The number of ketones is 1. The van der Waals surface area contributed by atoms with Crippen LogP contribution in [0.3, 0.4) is 0 Å². The van der Waals surface area contributed by atoms with Gasteiger partial charge in [0.15, 0.2) is 5.76 Å². The van der Waals surface area contributed by atoms with Gasteiger partial charge in [-0.3, -0.25) is 4.79 Å². The zero-order valence-electron chi connectivity index (χ0n) is 12.1. The normalized spacial score (nSPS) is 23.2. The second kappa shape index (κ2) is 5.30. The third-order valence-electron chi connectivity index (χ3n) is 4.46. The highest BCUT2D eigenvalue weighted by molar-refractivity contribution is 5.99. The van der Waals surface area contributed by atoms with Gasteiger partial charge in [-0.15, -0.1) is 0 Å². The van der Waals surface area contributed by atoms with Gasteiger partial charge in [-0.25, -0.2) is 0 Å². The highest BCUT2D eigenvalue weighted by Crippen LogP contribution is 2.61. The number of rotatable bonds is 4. The molecule has 1 fully saturated rings. The molecule has 22 heavy (non-hydrogen) atoms. The Morgan fingerprint density at radius 2 is 1.27 bits per heavy atom. The quantitative estimate of drug-likeness (QED) is 0.654. The number of hydrogen-bond acceptors (Lipinski definition) is 2. The maximum absolute atomic E-state index is 12.7. The van der Waals surface area contributed by atoms with Crippen molar-refractivity contribution >= 4 is 5.78 Å². The Hall–Kier alpha value is -2.61. The summed E-state index contributed by atoms with van der Waals surface area (Å²) in [5.41, 5.74) is 2.45. The topological polar surface area (TPSA) is 30.2 Å². The van der Waals surface area contributed by atoms with E-state index in [1.807, 2.05) is 36.4 Å². The first-order valence-electron chi connectivity index (χ1n) is 7.54. The predicted molar refractivity (Wildman–Crippen MR) is 84.9 cm³/mol. The van der Waals surface area contributed by atoms with Crippen molar-refractivity contribution in [1.29, 1.82) is 0 Å². The molecule has 0 spiro atoms. The van der Waals surface area contributed by atoms with Crippen molar-refractivity contribution in [1.82, 2.24) is 0 Å². The summed E-state index contributed by atoms with van der Waals surface area (Å²) in [6, 6.07) is 24.1. The van der Waals surface area contributed by atoms with Crippen molar-refractivity contribution in [2.75, 3.05) is 0 Å². The van der Waals surface area contributed by atoms with Crippen LogP contribution in [0, 0.1) is 5.92 Å². The van der Waals surface area contributed by atoms with Gasteiger partial charge in [0.25, 0.3) is 0 Å². The molecule has 2 nitrogen and oxygen atoms in total. The van der Waals surface area contributed by atoms with Gasteiger partial charge in [-0.1, -0.05) is 60.7 Å². The van der Waals surface area contributed by atoms with E-state index in [9.17, 15) is 4.79 Å². The van der Waals surface area contributed by atoms with E-state index in [4.69, 9.17) is 4.42 Å². The smallest absolute Gasteiger partial charge is 0.202 e. The summed E-state index contributed by atoms with van der Waals surface area (Å²) in [5.74, 6) is 1.01. The standard InChI is InChI=1S/C20H16O2/c21-20(16-12-7-13-22-16)19-17(14-8-3-1-4-9-14)18(19)15-10-5-2-6-11-15/h1-13,17-19H/t17-,18-/m1/s1. The van der Waals surface area contributed by atoms with E-state index in [0.29, 0.717) is 5.76 Å². The molecule has 0 saturated heterocycles. The summed E-state index contributed by atoms with van der Waals surface area (Å²) in [4.78, 5) is 12.7. The Morgan fingerprint density at radius 3 is 1.73 bits per heavy atom. The molecule has 1 aliphatic carbocycles. The van der Waals surface area contributed by atoms with E-state index < -0.39 is 0 Å². The van der Waals surface area contributed by atoms with Crippen LogP contribution in [0.2, 0.25) is 0 Å². The van der Waals surface area contributed by atoms with Crippen molar-refractivity contribution < 1.29 is 9.21 Å². The SMILES string of the molecule is O=C(c1ccco1)C1[C@H](c2ccccc2)[C@H]1c1ccccc1. The van der Waals surface area contributed by atoms with Crippen LogP contribution in [0.5, 0.6) is 0 Å². The molecule has 2 atom stereocenters. The van der Waals surface area contributed by atoms with Crippen LogP contribution >= 0.6 is 0 Å². The lowest BCUT2D eigenvalue weighted by molar-refractivity contribution is 0.0935. The van der Waals surface area contributed by atoms with Gasteiger partial charge in [0.1, 0.15) is 0 Å². The molecule has 0 aliphatic heterocycles. The second-order valence-corrected chi connectivity index (χ2v) is 5.74. The number of hydrogen-bond donors (Lipinski definition) is 0. The molecule has 2 heteroatoms. The van der Waals surface area contributed by atoms with Crippen molar-refractivity contribution in [3.63, 3.8) is 0 Å². The first kappa shape index (κ1) is 13.1. The number of benzene rings is 2. The van der Waals surface area contributed by atoms with Gasteiger partial charge in [-0.05, 0) is 23.3 Å². The molecule has 1 saturated carbocycles. The second-order valence-electron chi connectivity index (χ2n) is 5.74. The summed E-state index contributed by atoms with van der Waals surface area (Å²) in [5, 5.41) is 0. The molecule has 0 bridgehead atoms. The summed E-state index contributed by atoms with van der Waals surface area (Å²) < 4.78 is 5.32. The molecule has 0 N–H and O–H groups in total. The molecule has 1 heterocycles. The fraction of sp³-hybridized carbons (Fsp3) is 0.150. The number of Topliss-reactive ketones (excluding diaryl/α,β-unsaturated/α-hetero) is 1. The van der Waals surface area contributed by atoms with Crippen LogP contribution in [0.15, 0.2) is 83.5 Å². The first-order chi connectivity index (χ1) is 10.9. The Morgan fingerprint density at radius 1 is 0.727 bits per heavy atom. The van der Waals surface area contributed by atoms with Gasteiger partial charge in [-0.2, -0.15) is 0 Å². The Kier molecular flexibility index (Phi) is 3.15. The minimum absolute atomic E-state index is 0.0315. The van der Waals surface area contributed by atoms with E-state index in [1.165, 1.54) is 11.1 Å². The molecule has 0 radical (unpaired) electrons. The first-order valence-corrected chi connectivity index (χ1v) is 7.54. The van der Waals surface area contributed by atoms with Gasteiger partial charge < -0.3 is 4.42 Å². The molecular weight excluding hydrogens is 272 g/mol. The van der Waals surface area contributed by atoms with Crippen molar-refractivity contribution in [3.8, 4) is 0 Å². The fourth-order valence-electron chi connectivity index (χ4n) is 3.40. The minimum Gasteiger partial charge on any atom is -0.461 e. The van der Waals surface area contributed by atoms with Crippen LogP contribution in [0.25, 0.3) is 0 Å². The van der Waals surface area contributed by atoms with Crippen LogP contribution in [0.1, 0.15) is 33.5 Å². The van der Waals surface area contributed by atoms with E-state index in [2.05, 4.69) is 24.3 Å².